The third-order valence-corrected chi connectivity index (χ3v) is 4.57. The molecule has 4 heteroatoms. The number of Topliss-reactive ketones (excluding diaryl/α,β-unsaturated/α-hetero) is 2. The monoisotopic (exact) mass is 305 g/mol. The van der Waals surface area contributed by atoms with Gasteiger partial charge < -0.3 is 4.90 Å². The minimum absolute atomic E-state index is 0.0328. The molecule has 22 heavy (non-hydrogen) atoms. The van der Waals surface area contributed by atoms with Crippen molar-refractivity contribution >= 4 is 17.5 Å². The predicted molar refractivity (Wildman–Crippen MR) is 86.1 cm³/mol. The minimum Gasteiger partial charge on any atom is -0.326 e. The number of rotatable bonds is 7. The fourth-order valence-corrected chi connectivity index (χ4v) is 2.62. The van der Waals surface area contributed by atoms with Crippen LogP contribution in [0.3, 0.4) is 0 Å². The summed E-state index contributed by atoms with van der Waals surface area (Å²) in [7, 11) is 0. The molecule has 0 N–H and O–H groups in total. The van der Waals surface area contributed by atoms with Crippen LogP contribution < -0.4 is 0 Å². The molecule has 1 saturated heterocycles. The van der Waals surface area contributed by atoms with Crippen molar-refractivity contribution in [2.24, 2.45) is 5.41 Å². The number of hydrogen-bond donors (Lipinski definition) is 0. The van der Waals surface area contributed by atoms with Gasteiger partial charge in [-0.3, -0.25) is 14.4 Å². The van der Waals surface area contributed by atoms with Crippen molar-refractivity contribution in [1.82, 2.24) is 4.90 Å². The molecular formula is C18H27NO3. The van der Waals surface area contributed by atoms with Crippen LogP contribution in [0.25, 0.3) is 0 Å². The van der Waals surface area contributed by atoms with Gasteiger partial charge in [-0.1, -0.05) is 20.8 Å². The highest BCUT2D eigenvalue weighted by molar-refractivity contribution is 6.38. The molecule has 0 aromatic rings. The lowest BCUT2D eigenvalue weighted by atomic mass is 9.83. The second kappa shape index (κ2) is 8.12. The third kappa shape index (κ3) is 4.43. The topological polar surface area (TPSA) is 54.5 Å². The molecular weight excluding hydrogens is 278 g/mol. The van der Waals surface area contributed by atoms with Gasteiger partial charge in [0.15, 0.2) is 5.78 Å². The highest BCUT2D eigenvalue weighted by Crippen LogP contribution is 2.26. The molecule has 122 valence electrons. The quantitative estimate of drug-likeness (QED) is 0.413. The smallest absolute Gasteiger partial charge is 0.291 e. The van der Waals surface area contributed by atoms with Gasteiger partial charge in [0, 0.05) is 24.8 Å². The summed E-state index contributed by atoms with van der Waals surface area (Å²) in [5, 5.41) is 0. The maximum absolute atomic E-state index is 12.5. The van der Waals surface area contributed by atoms with Crippen molar-refractivity contribution in [2.75, 3.05) is 6.54 Å². The Morgan fingerprint density at radius 1 is 1.27 bits per heavy atom. The zero-order valence-corrected chi connectivity index (χ0v) is 14.0. The lowest BCUT2D eigenvalue weighted by Crippen LogP contribution is -2.52. The molecule has 0 spiro atoms. The van der Waals surface area contributed by atoms with Crippen molar-refractivity contribution in [3.8, 4) is 12.3 Å². The second-order valence-electron chi connectivity index (χ2n) is 6.60. The first kappa shape index (κ1) is 18.4. The zero-order valence-electron chi connectivity index (χ0n) is 14.0. The van der Waals surface area contributed by atoms with Crippen molar-refractivity contribution in [2.45, 2.75) is 71.8 Å². The minimum atomic E-state index is -0.675. The number of ketones is 2. The molecule has 1 aliphatic rings. The number of amides is 1. The molecule has 1 heterocycles. The number of nitrogens with zero attached hydrogens (tertiary/aromatic N) is 1. The Labute approximate surface area is 133 Å². The average Bonchev–Trinajstić information content (AvgIpc) is 2.53. The maximum Gasteiger partial charge on any atom is 0.291 e. The van der Waals surface area contributed by atoms with E-state index >= 15 is 0 Å². The van der Waals surface area contributed by atoms with Gasteiger partial charge in [0.1, 0.15) is 0 Å². The van der Waals surface area contributed by atoms with Gasteiger partial charge in [-0.05, 0) is 32.1 Å². The van der Waals surface area contributed by atoms with Crippen LogP contribution in [-0.4, -0.2) is 35.0 Å². The predicted octanol–water partition coefficient (Wildman–Crippen LogP) is 2.75. The largest absolute Gasteiger partial charge is 0.326 e. The molecule has 0 aliphatic carbocycles. The van der Waals surface area contributed by atoms with Gasteiger partial charge in [-0.2, -0.15) is 0 Å². The Balaban J connectivity index is 2.81. The molecule has 1 fully saturated rings. The van der Waals surface area contributed by atoms with E-state index in [4.69, 9.17) is 6.42 Å². The highest BCUT2D eigenvalue weighted by Gasteiger charge is 2.39. The normalized spacial score (nSPS) is 18.6. The maximum atomic E-state index is 12.5. The molecule has 1 atom stereocenters. The Morgan fingerprint density at radius 3 is 2.55 bits per heavy atom. The van der Waals surface area contributed by atoms with E-state index in [9.17, 15) is 14.4 Å². The molecule has 0 unspecified atom stereocenters. The number of terminal acetylenes is 1. The van der Waals surface area contributed by atoms with Crippen molar-refractivity contribution in [1.29, 1.82) is 0 Å². The standard InChI is InChI=1S/C18H27NO3/c1-5-7-8-12-15(20)14-11-9-10-13-19(14)17(22)16(21)18(3,4)6-2/h1,14H,6-13H2,2-4H3/t14-/m0/s1. The lowest BCUT2D eigenvalue weighted by Gasteiger charge is -2.36. The van der Waals surface area contributed by atoms with E-state index < -0.39 is 23.1 Å². The van der Waals surface area contributed by atoms with E-state index in [1.807, 2.05) is 6.92 Å². The summed E-state index contributed by atoms with van der Waals surface area (Å²) in [6.45, 7) is 5.95. The first-order valence-corrected chi connectivity index (χ1v) is 8.16. The van der Waals surface area contributed by atoms with Crippen LogP contribution >= 0.6 is 0 Å². The van der Waals surface area contributed by atoms with Crippen molar-refractivity contribution in [3.63, 3.8) is 0 Å². The summed E-state index contributed by atoms with van der Waals surface area (Å²) in [6.07, 6.45) is 9.81. The molecule has 1 amide bonds. The van der Waals surface area contributed by atoms with E-state index in [0.717, 1.165) is 12.8 Å². The molecule has 0 bridgehead atoms. The van der Waals surface area contributed by atoms with Crippen molar-refractivity contribution < 1.29 is 14.4 Å². The van der Waals surface area contributed by atoms with Crippen LogP contribution in [0.4, 0.5) is 0 Å². The SMILES string of the molecule is C#CCCCC(=O)[C@@H]1CCCCN1C(=O)C(=O)C(C)(C)CC. The third-order valence-electron chi connectivity index (χ3n) is 4.57. The zero-order chi connectivity index (χ0) is 16.8. The van der Waals surface area contributed by atoms with Crippen molar-refractivity contribution in [3.05, 3.63) is 0 Å². The number of hydrogen-bond acceptors (Lipinski definition) is 3. The van der Waals surface area contributed by atoms with Gasteiger partial charge >= 0.3 is 0 Å². The van der Waals surface area contributed by atoms with E-state index in [2.05, 4.69) is 5.92 Å². The molecule has 0 radical (unpaired) electrons. The molecule has 0 saturated carbocycles. The molecule has 0 aromatic heterocycles. The van der Waals surface area contributed by atoms with Crippen LogP contribution in [0.1, 0.15) is 65.7 Å². The molecule has 1 rings (SSSR count). The Hall–Kier alpha value is -1.63. The Morgan fingerprint density at radius 2 is 1.95 bits per heavy atom. The van der Waals surface area contributed by atoms with E-state index in [1.54, 1.807) is 13.8 Å². The summed E-state index contributed by atoms with van der Waals surface area (Å²) in [6, 6.07) is -0.448. The second-order valence-corrected chi connectivity index (χ2v) is 6.60. The number of likely N-dealkylation sites (tertiary alicyclic amines) is 1. The Kier molecular flexibility index (Phi) is 6.80. The van der Waals surface area contributed by atoms with Gasteiger partial charge in [0.05, 0.1) is 6.04 Å². The van der Waals surface area contributed by atoms with Crippen LogP contribution in [0.2, 0.25) is 0 Å². The summed E-state index contributed by atoms with van der Waals surface area (Å²) in [5.74, 6) is 1.66. The van der Waals surface area contributed by atoms with Gasteiger partial charge in [-0.15, -0.1) is 12.3 Å². The number of unbranched alkanes of at least 4 members (excludes halogenated alkanes) is 1. The number of carbonyl (C=O) groups is 3. The first-order valence-electron chi connectivity index (χ1n) is 8.16. The summed E-state index contributed by atoms with van der Waals surface area (Å²) in [5.41, 5.74) is -0.675. The van der Waals surface area contributed by atoms with Gasteiger partial charge in [0.2, 0.25) is 5.78 Å². The highest BCUT2D eigenvalue weighted by atomic mass is 16.2. The summed E-state index contributed by atoms with van der Waals surface area (Å²) in [4.78, 5) is 38.8. The van der Waals surface area contributed by atoms with Gasteiger partial charge in [-0.25, -0.2) is 0 Å². The van der Waals surface area contributed by atoms with Crippen LogP contribution in [0.5, 0.6) is 0 Å². The van der Waals surface area contributed by atoms with Crippen LogP contribution in [0, 0.1) is 17.8 Å². The summed E-state index contributed by atoms with van der Waals surface area (Å²) >= 11 is 0. The van der Waals surface area contributed by atoms with E-state index in [0.29, 0.717) is 38.6 Å². The number of piperidine rings is 1. The lowest BCUT2D eigenvalue weighted by molar-refractivity contribution is -0.153. The van der Waals surface area contributed by atoms with Crippen LogP contribution in [-0.2, 0) is 14.4 Å². The van der Waals surface area contributed by atoms with E-state index in [1.165, 1.54) is 4.90 Å². The summed E-state index contributed by atoms with van der Waals surface area (Å²) < 4.78 is 0. The fourth-order valence-electron chi connectivity index (χ4n) is 2.62. The van der Waals surface area contributed by atoms with E-state index in [-0.39, 0.29) is 5.78 Å². The number of carbonyl (C=O) groups excluding carboxylic acids is 3. The molecule has 0 aromatic carbocycles. The fraction of sp³-hybridized carbons (Fsp3) is 0.722. The Bertz CT molecular complexity index is 473. The van der Waals surface area contributed by atoms with Crippen LogP contribution in [0.15, 0.2) is 0 Å². The molecule has 1 aliphatic heterocycles. The first-order chi connectivity index (χ1) is 10.3. The molecule has 4 nitrogen and oxygen atoms in total. The average molecular weight is 305 g/mol. The van der Waals surface area contributed by atoms with Gasteiger partial charge in [0.25, 0.3) is 5.91 Å².